The number of carbonyl (C=O) groups is 3. The molecule has 1 aromatic carbocycles. The molecule has 3 aliphatic rings. The van der Waals surface area contributed by atoms with Crippen molar-refractivity contribution < 1.29 is 19.1 Å². The Morgan fingerprint density at radius 1 is 1.12 bits per heavy atom. The second-order valence-corrected chi connectivity index (χ2v) is 9.24. The van der Waals surface area contributed by atoms with Crippen LogP contribution < -0.4 is 15.4 Å². The summed E-state index contributed by atoms with van der Waals surface area (Å²) in [7, 11) is 0. The van der Waals surface area contributed by atoms with Gasteiger partial charge in [0.15, 0.2) is 0 Å². The highest BCUT2D eigenvalue weighted by Crippen LogP contribution is 2.29. The van der Waals surface area contributed by atoms with Gasteiger partial charge in [0.25, 0.3) is 11.8 Å². The summed E-state index contributed by atoms with van der Waals surface area (Å²) in [5, 5.41) is 14.3. The van der Waals surface area contributed by atoms with E-state index in [9.17, 15) is 14.4 Å². The molecule has 4 heterocycles. The van der Waals surface area contributed by atoms with Crippen LogP contribution in [0.3, 0.4) is 0 Å². The molecule has 5 rings (SSSR count). The molecule has 4 bridgehead atoms. The third kappa shape index (κ3) is 4.36. The molecule has 3 amide bonds. The molecule has 3 aliphatic heterocycles. The average molecular weight is 467 g/mol. The Morgan fingerprint density at radius 2 is 1.97 bits per heavy atom. The van der Waals surface area contributed by atoms with Gasteiger partial charge in [0.05, 0.1) is 6.54 Å². The average Bonchev–Trinajstić information content (AvgIpc) is 3.44. The molecule has 1 saturated heterocycles. The Bertz CT molecular complexity index is 1110. The molecule has 2 atom stereocenters. The Hall–Kier alpha value is -3.43. The first-order chi connectivity index (χ1) is 16.5. The SMILES string of the molecule is Cc1ccc2cc1OCCNC(=O)C[C@@H]1CC[C@H](CNC2=O)N1C(=O)c1nnc2n1CCCC2. The molecular weight excluding hydrogens is 436 g/mol. The maximum absolute atomic E-state index is 13.7. The Labute approximate surface area is 198 Å². The van der Waals surface area contributed by atoms with Crippen LogP contribution in [0.15, 0.2) is 18.2 Å². The standard InChI is InChI=1S/C24H30N6O4/c1-15-5-6-16-12-19(15)34-11-9-25-21(31)13-17-7-8-18(14-26-23(16)32)30(17)24(33)22-28-27-20-4-2-3-10-29(20)22/h5-6,12,17-18H,2-4,7-11,13-14H2,1H3,(H,25,31)(H,26,32)/t17-,18+/m0/s1. The van der Waals surface area contributed by atoms with Gasteiger partial charge >= 0.3 is 0 Å². The lowest BCUT2D eigenvalue weighted by Gasteiger charge is -2.30. The summed E-state index contributed by atoms with van der Waals surface area (Å²) in [6.07, 6.45) is 4.42. The molecule has 0 radical (unpaired) electrons. The van der Waals surface area contributed by atoms with Crippen LogP contribution in [0, 0.1) is 6.92 Å². The Balaban J connectivity index is 1.42. The van der Waals surface area contributed by atoms with E-state index >= 15 is 0 Å². The lowest BCUT2D eigenvalue weighted by atomic mass is 10.1. The molecule has 0 spiro atoms. The monoisotopic (exact) mass is 466 g/mol. The van der Waals surface area contributed by atoms with E-state index in [-0.39, 0.29) is 36.2 Å². The number of hydrogen-bond acceptors (Lipinski definition) is 6. The van der Waals surface area contributed by atoms with Crippen molar-refractivity contribution in [1.29, 1.82) is 0 Å². The number of nitrogens with one attached hydrogen (secondary N) is 2. The van der Waals surface area contributed by atoms with E-state index in [2.05, 4.69) is 20.8 Å². The van der Waals surface area contributed by atoms with Crippen molar-refractivity contribution in [2.45, 2.75) is 64.1 Å². The first kappa shape index (κ1) is 22.4. The van der Waals surface area contributed by atoms with Crippen LogP contribution >= 0.6 is 0 Å². The number of aryl methyl sites for hydroxylation is 2. The van der Waals surface area contributed by atoms with Crippen LogP contribution in [0.4, 0.5) is 0 Å². The third-order valence-corrected chi connectivity index (χ3v) is 6.96. The summed E-state index contributed by atoms with van der Waals surface area (Å²) in [6.45, 7) is 3.57. The summed E-state index contributed by atoms with van der Waals surface area (Å²) < 4.78 is 7.70. The second-order valence-electron chi connectivity index (χ2n) is 9.24. The van der Waals surface area contributed by atoms with Gasteiger partial charge in [0, 0.05) is 43.6 Å². The summed E-state index contributed by atoms with van der Waals surface area (Å²) in [4.78, 5) is 41.0. The van der Waals surface area contributed by atoms with E-state index in [0.29, 0.717) is 49.7 Å². The highest BCUT2D eigenvalue weighted by atomic mass is 16.5. The van der Waals surface area contributed by atoms with E-state index in [1.165, 1.54) is 0 Å². The lowest BCUT2D eigenvalue weighted by molar-refractivity contribution is -0.122. The van der Waals surface area contributed by atoms with Crippen LogP contribution in [0.5, 0.6) is 5.75 Å². The van der Waals surface area contributed by atoms with Crippen molar-refractivity contribution in [2.24, 2.45) is 0 Å². The molecule has 1 fully saturated rings. The fraction of sp³-hybridized carbons (Fsp3) is 0.542. The van der Waals surface area contributed by atoms with E-state index in [0.717, 1.165) is 37.2 Å². The Kier molecular flexibility index (Phi) is 6.21. The molecule has 0 aliphatic carbocycles. The summed E-state index contributed by atoms with van der Waals surface area (Å²) in [5.74, 6) is 1.21. The normalized spacial score (nSPS) is 23.1. The maximum Gasteiger partial charge on any atom is 0.292 e. The molecule has 1 aromatic heterocycles. The summed E-state index contributed by atoms with van der Waals surface area (Å²) in [5.41, 5.74) is 1.41. The van der Waals surface area contributed by atoms with Gasteiger partial charge < -0.3 is 24.8 Å². The minimum absolute atomic E-state index is 0.125. The number of ether oxygens (including phenoxy) is 1. The van der Waals surface area contributed by atoms with Crippen LogP contribution in [0.25, 0.3) is 0 Å². The zero-order chi connectivity index (χ0) is 23.7. The van der Waals surface area contributed by atoms with Gasteiger partial charge in [0.2, 0.25) is 11.7 Å². The first-order valence-corrected chi connectivity index (χ1v) is 12.0. The van der Waals surface area contributed by atoms with Crippen LogP contribution in [-0.2, 0) is 17.8 Å². The molecule has 10 nitrogen and oxygen atoms in total. The highest BCUT2D eigenvalue weighted by molar-refractivity contribution is 5.95. The zero-order valence-electron chi connectivity index (χ0n) is 19.4. The second kappa shape index (κ2) is 9.44. The van der Waals surface area contributed by atoms with Gasteiger partial charge in [-0.15, -0.1) is 10.2 Å². The van der Waals surface area contributed by atoms with Crippen molar-refractivity contribution in [3.05, 3.63) is 41.0 Å². The lowest BCUT2D eigenvalue weighted by Crippen LogP contribution is -2.48. The number of nitrogens with zero attached hydrogens (tertiary/aromatic N) is 4. The van der Waals surface area contributed by atoms with E-state index in [4.69, 9.17) is 4.74 Å². The number of hydrogen-bond donors (Lipinski definition) is 2. The first-order valence-electron chi connectivity index (χ1n) is 12.0. The quantitative estimate of drug-likeness (QED) is 0.653. The van der Waals surface area contributed by atoms with Crippen molar-refractivity contribution in [3.63, 3.8) is 0 Å². The molecule has 0 unspecified atom stereocenters. The molecule has 10 heteroatoms. The van der Waals surface area contributed by atoms with E-state index in [1.807, 2.05) is 17.6 Å². The largest absolute Gasteiger partial charge is 0.491 e. The Morgan fingerprint density at radius 3 is 2.85 bits per heavy atom. The fourth-order valence-electron chi connectivity index (χ4n) is 5.12. The van der Waals surface area contributed by atoms with Crippen LogP contribution in [0.2, 0.25) is 0 Å². The van der Waals surface area contributed by atoms with E-state index in [1.54, 1.807) is 17.0 Å². The minimum atomic E-state index is -0.264. The van der Waals surface area contributed by atoms with Gasteiger partial charge in [-0.25, -0.2) is 0 Å². The van der Waals surface area contributed by atoms with Gasteiger partial charge in [-0.3, -0.25) is 14.4 Å². The zero-order valence-corrected chi connectivity index (χ0v) is 19.4. The minimum Gasteiger partial charge on any atom is -0.491 e. The number of benzene rings is 1. The number of rotatable bonds is 1. The van der Waals surface area contributed by atoms with Crippen molar-refractivity contribution in [3.8, 4) is 5.75 Å². The molecule has 0 saturated carbocycles. The van der Waals surface area contributed by atoms with E-state index < -0.39 is 0 Å². The van der Waals surface area contributed by atoms with Crippen molar-refractivity contribution in [2.75, 3.05) is 19.7 Å². The number of aromatic nitrogens is 3. The highest BCUT2D eigenvalue weighted by Gasteiger charge is 2.40. The maximum atomic E-state index is 13.7. The molecule has 34 heavy (non-hydrogen) atoms. The van der Waals surface area contributed by atoms with Crippen molar-refractivity contribution in [1.82, 2.24) is 30.3 Å². The topological polar surface area (TPSA) is 118 Å². The number of fused-ring (bicyclic) bond motifs is 5. The molecule has 180 valence electrons. The fourth-order valence-corrected chi connectivity index (χ4v) is 5.12. The molecular formula is C24H30N6O4. The molecule has 2 N–H and O–H groups in total. The van der Waals surface area contributed by atoms with Gasteiger partial charge in [-0.2, -0.15) is 0 Å². The summed E-state index contributed by atoms with van der Waals surface area (Å²) >= 11 is 0. The third-order valence-electron chi connectivity index (χ3n) is 6.96. The van der Waals surface area contributed by atoms with Gasteiger partial charge in [-0.05, 0) is 50.3 Å². The van der Waals surface area contributed by atoms with Crippen molar-refractivity contribution >= 4 is 17.7 Å². The van der Waals surface area contributed by atoms with Gasteiger partial charge in [0.1, 0.15) is 18.2 Å². The van der Waals surface area contributed by atoms with Gasteiger partial charge in [-0.1, -0.05) is 6.07 Å². The predicted octanol–water partition coefficient (Wildman–Crippen LogP) is 1.22. The van der Waals surface area contributed by atoms with Crippen LogP contribution in [0.1, 0.15) is 64.5 Å². The number of amides is 3. The predicted molar refractivity (Wildman–Crippen MR) is 123 cm³/mol. The van der Waals surface area contributed by atoms with Crippen LogP contribution in [-0.4, -0.2) is 69.2 Å². The smallest absolute Gasteiger partial charge is 0.292 e. The molecule has 2 aromatic rings. The summed E-state index contributed by atoms with van der Waals surface area (Å²) in [6, 6.07) is 4.84. The number of carbonyl (C=O) groups excluding carboxylic acids is 3.